The SMILES string of the molecule is CCC(C)C(NC(C)CCC(C)C)C(=O)OC. The van der Waals surface area contributed by atoms with Crippen molar-refractivity contribution in [2.45, 2.75) is 66.0 Å². The first-order chi connectivity index (χ1) is 7.92. The second-order valence-corrected chi connectivity index (χ2v) is 5.43. The lowest BCUT2D eigenvalue weighted by Gasteiger charge is -2.26. The van der Waals surface area contributed by atoms with Gasteiger partial charge in [0.05, 0.1) is 7.11 Å². The quantitative estimate of drug-likeness (QED) is 0.666. The molecule has 0 aliphatic carbocycles. The second-order valence-electron chi connectivity index (χ2n) is 5.43. The highest BCUT2D eigenvalue weighted by molar-refractivity contribution is 5.76. The molecule has 0 rings (SSSR count). The van der Waals surface area contributed by atoms with E-state index in [9.17, 15) is 4.79 Å². The Labute approximate surface area is 106 Å². The van der Waals surface area contributed by atoms with E-state index in [1.807, 2.05) is 0 Å². The van der Waals surface area contributed by atoms with Gasteiger partial charge in [-0.1, -0.05) is 34.1 Å². The molecule has 0 aliphatic rings. The van der Waals surface area contributed by atoms with Gasteiger partial charge in [-0.2, -0.15) is 0 Å². The summed E-state index contributed by atoms with van der Waals surface area (Å²) in [4.78, 5) is 11.7. The van der Waals surface area contributed by atoms with Crippen LogP contribution in [0.2, 0.25) is 0 Å². The van der Waals surface area contributed by atoms with Crippen LogP contribution in [0.4, 0.5) is 0 Å². The molecule has 0 aromatic heterocycles. The van der Waals surface area contributed by atoms with Crippen LogP contribution in [0.25, 0.3) is 0 Å². The molecule has 0 fully saturated rings. The van der Waals surface area contributed by atoms with E-state index in [1.54, 1.807) is 0 Å². The number of ether oxygens (including phenoxy) is 1. The largest absolute Gasteiger partial charge is 0.468 e. The van der Waals surface area contributed by atoms with Crippen molar-refractivity contribution in [1.82, 2.24) is 5.32 Å². The zero-order chi connectivity index (χ0) is 13.4. The number of methoxy groups -OCH3 is 1. The Hall–Kier alpha value is -0.570. The molecule has 17 heavy (non-hydrogen) atoms. The van der Waals surface area contributed by atoms with Crippen molar-refractivity contribution in [1.29, 1.82) is 0 Å². The molecule has 0 saturated carbocycles. The monoisotopic (exact) mass is 243 g/mol. The van der Waals surface area contributed by atoms with Gasteiger partial charge >= 0.3 is 5.97 Å². The Kier molecular flexibility index (Phi) is 8.23. The molecule has 3 unspecified atom stereocenters. The van der Waals surface area contributed by atoms with E-state index in [2.05, 4.69) is 39.9 Å². The van der Waals surface area contributed by atoms with Crippen molar-refractivity contribution in [3.05, 3.63) is 0 Å². The minimum Gasteiger partial charge on any atom is -0.468 e. The van der Waals surface area contributed by atoms with E-state index in [0.29, 0.717) is 17.9 Å². The first-order valence-corrected chi connectivity index (χ1v) is 6.76. The van der Waals surface area contributed by atoms with Crippen LogP contribution in [0, 0.1) is 11.8 Å². The van der Waals surface area contributed by atoms with Gasteiger partial charge in [0.15, 0.2) is 0 Å². The third kappa shape index (κ3) is 6.67. The molecule has 0 aromatic carbocycles. The number of nitrogens with one attached hydrogen (secondary N) is 1. The normalized spacial score (nSPS) is 16.6. The fourth-order valence-electron chi connectivity index (χ4n) is 1.80. The third-order valence-corrected chi connectivity index (χ3v) is 3.31. The van der Waals surface area contributed by atoms with E-state index in [-0.39, 0.29) is 12.0 Å². The van der Waals surface area contributed by atoms with Crippen LogP contribution in [0.3, 0.4) is 0 Å². The fourth-order valence-corrected chi connectivity index (χ4v) is 1.80. The average molecular weight is 243 g/mol. The van der Waals surface area contributed by atoms with Crippen LogP contribution in [0.1, 0.15) is 53.9 Å². The first kappa shape index (κ1) is 16.4. The van der Waals surface area contributed by atoms with E-state index < -0.39 is 0 Å². The molecule has 3 nitrogen and oxygen atoms in total. The van der Waals surface area contributed by atoms with E-state index in [4.69, 9.17) is 4.74 Å². The number of carbonyl (C=O) groups is 1. The van der Waals surface area contributed by atoms with Gasteiger partial charge in [0.2, 0.25) is 0 Å². The van der Waals surface area contributed by atoms with E-state index in [0.717, 1.165) is 12.8 Å². The van der Waals surface area contributed by atoms with Gasteiger partial charge < -0.3 is 10.1 Å². The predicted octanol–water partition coefficient (Wildman–Crippen LogP) is 2.99. The highest BCUT2D eigenvalue weighted by Gasteiger charge is 2.25. The maximum absolute atomic E-state index is 11.7. The Morgan fingerprint density at radius 1 is 1.18 bits per heavy atom. The summed E-state index contributed by atoms with van der Waals surface area (Å²) in [5, 5.41) is 3.40. The average Bonchev–Trinajstić information content (AvgIpc) is 2.31. The van der Waals surface area contributed by atoms with Crippen LogP contribution < -0.4 is 5.32 Å². The zero-order valence-corrected chi connectivity index (χ0v) is 12.2. The maximum Gasteiger partial charge on any atom is 0.323 e. The summed E-state index contributed by atoms with van der Waals surface area (Å²) in [6.45, 7) is 10.8. The summed E-state index contributed by atoms with van der Waals surface area (Å²) in [7, 11) is 1.46. The summed E-state index contributed by atoms with van der Waals surface area (Å²) in [5.74, 6) is 0.874. The Bertz CT molecular complexity index is 216. The maximum atomic E-state index is 11.7. The molecule has 3 atom stereocenters. The molecule has 3 heteroatoms. The fraction of sp³-hybridized carbons (Fsp3) is 0.929. The molecule has 0 amide bonds. The highest BCUT2D eigenvalue weighted by atomic mass is 16.5. The van der Waals surface area contributed by atoms with Gasteiger partial charge in [-0.3, -0.25) is 4.79 Å². The van der Waals surface area contributed by atoms with Gasteiger partial charge in [-0.25, -0.2) is 0 Å². The lowest BCUT2D eigenvalue weighted by atomic mass is 9.97. The number of esters is 1. The van der Waals surface area contributed by atoms with Crippen LogP contribution in [0.5, 0.6) is 0 Å². The highest BCUT2D eigenvalue weighted by Crippen LogP contribution is 2.13. The van der Waals surface area contributed by atoms with Crippen LogP contribution in [-0.2, 0) is 9.53 Å². The lowest BCUT2D eigenvalue weighted by molar-refractivity contribution is -0.144. The van der Waals surface area contributed by atoms with Crippen molar-refractivity contribution in [2.24, 2.45) is 11.8 Å². The molecule has 0 radical (unpaired) electrons. The Morgan fingerprint density at radius 3 is 2.18 bits per heavy atom. The molecular formula is C14H29NO2. The number of rotatable bonds is 8. The van der Waals surface area contributed by atoms with Gasteiger partial charge in [0, 0.05) is 6.04 Å². The van der Waals surface area contributed by atoms with Gasteiger partial charge in [0.1, 0.15) is 6.04 Å². The minimum absolute atomic E-state index is 0.143. The Balaban J connectivity index is 4.27. The third-order valence-electron chi connectivity index (χ3n) is 3.31. The molecule has 0 bridgehead atoms. The lowest BCUT2D eigenvalue weighted by Crippen LogP contribution is -2.46. The molecule has 0 heterocycles. The Morgan fingerprint density at radius 2 is 1.76 bits per heavy atom. The van der Waals surface area contributed by atoms with E-state index >= 15 is 0 Å². The first-order valence-electron chi connectivity index (χ1n) is 6.76. The van der Waals surface area contributed by atoms with Gasteiger partial charge in [-0.15, -0.1) is 0 Å². The standard InChI is InChI=1S/C14H29NO2/c1-7-11(4)13(14(16)17-6)15-12(5)9-8-10(2)3/h10-13,15H,7-9H2,1-6H3. The smallest absolute Gasteiger partial charge is 0.323 e. The molecule has 102 valence electrons. The van der Waals surface area contributed by atoms with Crippen molar-refractivity contribution >= 4 is 5.97 Å². The molecule has 0 spiro atoms. The number of carbonyl (C=O) groups excluding carboxylic acids is 1. The summed E-state index contributed by atoms with van der Waals surface area (Å²) >= 11 is 0. The van der Waals surface area contributed by atoms with Crippen LogP contribution in [0.15, 0.2) is 0 Å². The summed E-state index contributed by atoms with van der Waals surface area (Å²) in [5.41, 5.74) is 0. The predicted molar refractivity (Wildman–Crippen MR) is 71.9 cm³/mol. The minimum atomic E-state index is -0.174. The van der Waals surface area contributed by atoms with Gasteiger partial charge in [0.25, 0.3) is 0 Å². The van der Waals surface area contributed by atoms with Crippen molar-refractivity contribution in [3.63, 3.8) is 0 Å². The molecular weight excluding hydrogens is 214 g/mol. The second kappa shape index (κ2) is 8.51. The summed E-state index contributed by atoms with van der Waals surface area (Å²) in [6, 6.07) is 0.183. The number of hydrogen-bond donors (Lipinski definition) is 1. The van der Waals surface area contributed by atoms with Crippen LogP contribution >= 0.6 is 0 Å². The topological polar surface area (TPSA) is 38.3 Å². The van der Waals surface area contributed by atoms with Crippen molar-refractivity contribution in [2.75, 3.05) is 7.11 Å². The van der Waals surface area contributed by atoms with Gasteiger partial charge in [-0.05, 0) is 31.6 Å². The molecule has 1 N–H and O–H groups in total. The van der Waals surface area contributed by atoms with E-state index in [1.165, 1.54) is 13.5 Å². The van der Waals surface area contributed by atoms with Crippen molar-refractivity contribution in [3.8, 4) is 0 Å². The molecule has 0 saturated heterocycles. The summed E-state index contributed by atoms with van der Waals surface area (Å²) < 4.78 is 4.86. The molecule has 0 aromatic rings. The number of hydrogen-bond acceptors (Lipinski definition) is 3. The zero-order valence-electron chi connectivity index (χ0n) is 12.2. The van der Waals surface area contributed by atoms with Crippen molar-refractivity contribution < 1.29 is 9.53 Å². The summed E-state index contributed by atoms with van der Waals surface area (Å²) in [6.07, 6.45) is 3.26. The molecule has 0 aliphatic heterocycles. The van der Waals surface area contributed by atoms with Crippen LogP contribution in [-0.4, -0.2) is 25.2 Å².